The summed E-state index contributed by atoms with van der Waals surface area (Å²) in [6.45, 7) is 0.750. The molecule has 2 rings (SSSR count). The van der Waals surface area contributed by atoms with E-state index < -0.39 is 12.0 Å². The third-order valence-electron chi connectivity index (χ3n) is 3.49. The number of anilines is 1. The van der Waals surface area contributed by atoms with Crippen LogP contribution in [-0.4, -0.2) is 43.1 Å². The highest BCUT2D eigenvalue weighted by molar-refractivity contribution is 7.99. The van der Waals surface area contributed by atoms with Crippen molar-refractivity contribution in [2.75, 3.05) is 30.1 Å². The van der Waals surface area contributed by atoms with E-state index in [9.17, 15) is 9.59 Å². The van der Waals surface area contributed by atoms with E-state index in [1.807, 2.05) is 23.1 Å². The molecule has 0 fully saturated rings. The first-order valence-corrected chi connectivity index (χ1v) is 8.08. The van der Waals surface area contributed by atoms with Gasteiger partial charge in [0.25, 0.3) is 0 Å². The molecule has 114 valence electrons. The second-order valence-corrected chi connectivity index (χ2v) is 6.00. The van der Waals surface area contributed by atoms with Crippen LogP contribution in [-0.2, 0) is 20.7 Å². The van der Waals surface area contributed by atoms with Gasteiger partial charge in [0.1, 0.15) is 6.04 Å². The van der Waals surface area contributed by atoms with Gasteiger partial charge in [0.15, 0.2) is 0 Å². The van der Waals surface area contributed by atoms with Gasteiger partial charge in [0.05, 0.1) is 12.9 Å². The van der Waals surface area contributed by atoms with Gasteiger partial charge in [-0.1, -0.05) is 18.2 Å². The molecular formula is C15H20N2O3S. The van der Waals surface area contributed by atoms with Gasteiger partial charge in [-0.05, 0) is 30.2 Å². The van der Waals surface area contributed by atoms with E-state index in [1.165, 1.54) is 24.4 Å². The van der Waals surface area contributed by atoms with Crippen molar-refractivity contribution in [2.45, 2.75) is 18.9 Å². The molecule has 0 radical (unpaired) electrons. The van der Waals surface area contributed by atoms with Crippen LogP contribution in [0.4, 0.5) is 5.69 Å². The molecule has 0 aromatic heterocycles. The lowest BCUT2D eigenvalue weighted by Gasteiger charge is -2.17. The minimum Gasteiger partial charge on any atom is -0.468 e. The fourth-order valence-electron chi connectivity index (χ4n) is 2.31. The number of nitrogens with two attached hydrogens (primary N) is 1. The van der Waals surface area contributed by atoms with Gasteiger partial charge in [-0.3, -0.25) is 9.59 Å². The highest BCUT2D eigenvalue weighted by Gasteiger charge is 2.23. The summed E-state index contributed by atoms with van der Waals surface area (Å²) in [4.78, 5) is 25.2. The Morgan fingerprint density at radius 2 is 2.19 bits per heavy atom. The van der Waals surface area contributed by atoms with Crippen molar-refractivity contribution < 1.29 is 14.3 Å². The molecule has 1 heterocycles. The number of hydrogen-bond donors (Lipinski definition) is 1. The molecule has 1 unspecified atom stereocenters. The molecule has 1 aromatic rings. The van der Waals surface area contributed by atoms with Crippen LogP contribution in [0.2, 0.25) is 0 Å². The lowest BCUT2D eigenvalue weighted by molar-refractivity contribution is -0.142. The van der Waals surface area contributed by atoms with E-state index in [2.05, 4.69) is 10.8 Å². The molecule has 2 N–H and O–H groups in total. The fraction of sp³-hybridized carbons (Fsp3) is 0.467. The summed E-state index contributed by atoms with van der Waals surface area (Å²) >= 11 is 1.50. The summed E-state index contributed by atoms with van der Waals surface area (Å²) in [5.41, 5.74) is 7.89. The highest BCUT2D eigenvalue weighted by Crippen LogP contribution is 2.27. The van der Waals surface area contributed by atoms with Crippen LogP contribution in [0.15, 0.2) is 24.3 Å². The molecule has 1 aliphatic rings. The Labute approximate surface area is 128 Å². The van der Waals surface area contributed by atoms with E-state index in [0.717, 1.165) is 18.7 Å². The largest absolute Gasteiger partial charge is 0.468 e. The Bertz CT molecular complexity index is 521. The van der Waals surface area contributed by atoms with Crippen LogP contribution in [0.5, 0.6) is 0 Å². The number of ether oxygens (including phenoxy) is 1. The molecule has 0 spiro atoms. The Kier molecular flexibility index (Phi) is 5.64. The quantitative estimate of drug-likeness (QED) is 0.631. The van der Waals surface area contributed by atoms with Gasteiger partial charge in [0, 0.05) is 12.2 Å². The second-order valence-electron chi connectivity index (χ2n) is 4.90. The Morgan fingerprint density at radius 3 is 2.95 bits per heavy atom. The molecule has 1 atom stereocenters. The second kappa shape index (κ2) is 7.47. The SMILES string of the molecule is COC(=O)C(N)CCSCC(=O)N1CCc2ccccc21. The number of thioether (sulfide) groups is 1. The summed E-state index contributed by atoms with van der Waals surface area (Å²) in [6, 6.07) is 7.39. The lowest BCUT2D eigenvalue weighted by Crippen LogP contribution is -2.33. The van der Waals surface area contributed by atoms with Gasteiger partial charge in [-0.25, -0.2) is 0 Å². The average molecular weight is 308 g/mol. The zero-order valence-electron chi connectivity index (χ0n) is 12.1. The molecule has 6 heteroatoms. The van der Waals surface area contributed by atoms with E-state index in [0.29, 0.717) is 17.9 Å². The van der Waals surface area contributed by atoms with Crippen LogP contribution in [0.25, 0.3) is 0 Å². The van der Waals surface area contributed by atoms with Crippen molar-refractivity contribution in [3.8, 4) is 0 Å². The number of benzene rings is 1. The van der Waals surface area contributed by atoms with Gasteiger partial charge in [-0.15, -0.1) is 0 Å². The molecule has 1 aliphatic heterocycles. The Morgan fingerprint density at radius 1 is 1.43 bits per heavy atom. The molecule has 0 saturated carbocycles. The summed E-state index contributed by atoms with van der Waals surface area (Å²) in [6.07, 6.45) is 1.43. The molecule has 5 nitrogen and oxygen atoms in total. The number of esters is 1. The van der Waals surface area contributed by atoms with Crippen LogP contribution in [0.1, 0.15) is 12.0 Å². The zero-order valence-corrected chi connectivity index (χ0v) is 12.9. The maximum Gasteiger partial charge on any atom is 0.322 e. The Balaban J connectivity index is 1.75. The molecular weight excluding hydrogens is 288 g/mol. The summed E-state index contributed by atoms with van der Waals surface area (Å²) in [7, 11) is 1.32. The van der Waals surface area contributed by atoms with Crippen molar-refractivity contribution >= 4 is 29.3 Å². The number of para-hydroxylation sites is 1. The van der Waals surface area contributed by atoms with Crippen molar-refractivity contribution in [3.05, 3.63) is 29.8 Å². The van der Waals surface area contributed by atoms with E-state index >= 15 is 0 Å². The number of fused-ring (bicyclic) bond motifs is 1. The number of methoxy groups -OCH3 is 1. The van der Waals surface area contributed by atoms with Crippen LogP contribution in [0, 0.1) is 0 Å². The first kappa shape index (κ1) is 15.9. The number of hydrogen-bond acceptors (Lipinski definition) is 5. The maximum absolute atomic E-state index is 12.2. The summed E-state index contributed by atoms with van der Waals surface area (Å²) in [5.74, 6) is 0.770. The first-order chi connectivity index (χ1) is 10.1. The monoisotopic (exact) mass is 308 g/mol. The van der Waals surface area contributed by atoms with E-state index in [-0.39, 0.29) is 5.91 Å². The molecule has 0 saturated heterocycles. The smallest absolute Gasteiger partial charge is 0.322 e. The van der Waals surface area contributed by atoms with Crippen molar-refractivity contribution in [2.24, 2.45) is 5.73 Å². The minimum absolute atomic E-state index is 0.108. The lowest BCUT2D eigenvalue weighted by atomic mass is 10.2. The topological polar surface area (TPSA) is 72.6 Å². The van der Waals surface area contributed by atoms with Gasteiger partial charge < -0.3 is 15.4 Å². The molecule has 0 aliphatic carbocycles. The van der Waals surface area contributed by atoms with Crippen molar-refractivity contribution in [3.63, 3.8) is 0 Å². The standard InChI is InChI=1S/C15H20N2O3S/c1-20-15(19)12(16)7-9-21-10-14(18)17-8-6-11-4-2-3-5-13(11)17/h2-5,12H,6-10,16H2,1H3. The minimum atomic E-state index is -0.606. The van der Waals surface area contributed by atoms with Crippen LogP contribution < -0.4 is 10.6 Å². The number of nitrogens with zero attached hydrogens (tertiary/aromatic N) is 1. The van der Waals surface area contributed by atoms with Gasteiger partial charge in [0.2, 0.25) is 5.91 Å². The predicted octanol–water partition coefficient (Wildman–Crippen LogP) is 1.20. The first-order valence-electron chi connectivity index (χ1n) is 6.93. The number of rotatable bonds is 6. The third-order valence-corrected chi connectivity index (χ3v) is 4.47. The third kappa shape index (κ3) is 3.98. The number of amides is 1. The van der Waals surface area contributed by atoms with Crippen molar-refractivity contribution in [1.29, 1.82) is 0 Å². The zero-order chi connectivity index (χ0) is 15.2. The fourth-order valence-corrected chi connectivity index (χ4v) is 3.21. The molecule has 1 amide bonds. The van der Waals surface area contributed by atoms with Crippen molar-refractivity contribution in [1.82, 2.24) is 0 Å². The summed E-state index contributed by atoms with van der Waals surface area (Å²) < 4.78 is 4.56. The van der Waals surface area contributed by atoms with Gasteiger partial charge in [-0.2, -0.15) is 11.8 Å². The molecule has 0 bridgehead atoms. The van der Waals surface area contributed by atoms with Crippen LogP contribution >= 0.6 is 11.8 Å². The van der Waals surface area contributed by atoms with Gasteiger partial charge >= 0.3 is 5.97 Å². The average Bonchev–Trinajstić information content (AvgIpc) is 2.94. The maximum atomic E-state index is 12.2. The number of carbonyl (C=O) groups is 2. The summed E-state index contributed by atoms with van der Waals surface area (Å²) in [5, 5.41) is 0. The predicted molar refractivity (Wildman–Crippen MR) is 84.4 cm³/mol. The highest BCUT2D eigenvalue weighted by atomic mass is 32.2. The normalized spacial score (nSPS) is 14.7. The van der Waals surface area contributed by atoms with E-state index in [1.54, 1.807) is 0 Å². The number of carbonyl (C=O) groups excluding carboxylic acids is 2. The van der Waals surface area contributed by atoms with Crippen LogP contribution in [0.3, 0.4) is 0 Å². The Hall–Kier alpha value is -1.53. The molecule has 21 heavy (non-hydrogen) atoms. The molecule has 1 aromatic carbocycles. The van der Waals surface area contributed by atoms with E-state index in [4.69, 9.17) is 5.73 Å².